The molecule has 0 saturated carbocycles. The van der Waals surface area contributed by atoms with Gasteiger partial charge in [-0.3, -0.25) is 0 Å². The first-order chi connectivity index (χ1) is 11.8. The maximum atomic E-state index is 5.80. The van der Waals surface area contributed by atoms with Crippen molar-refractivity contribution in [1.29, 1.82) is 0 Å². The SMILES string of the molecule is CCCCCCCOc1ccc(NCCc2ccccc2C)cc1. The molecule has 0 unspecified atom stereocenters. The summed E-state index contributed by atoms with van der Waals surface area (Å²) >= 11 is 0. The number of unbranched alkanes of at least 4 members (excludes halogenated alkanes) is 4. The highest BCUT2D eigenvalue weighted by Crippen LogP contribution is 2.17. The standard InChI is InChI=1S/C22H31NO/c1-3-4-5-6-9-18-24-22-14-12-21(13-15-22)23-17-16-20-11-8-7-10-19(20)2/h7-8,10-15,23H,3-6,9,16-18H2,1-2H3. The van der Waals surface area contributed by atoms with Gasteiger partial charge in [-0.1, -0.05) is 56.9 Å². The average molecular weight is 325 g/mol. The van der Waals surface area contributed by atoms with Crippen molar-refractivity contribution in [3.8, 4) is 5.75 Å². The highest BCUT2D eigenvalue weighted by molar-refractivity contribution is 5.46. The number of hydrogen-bond acceptors (Lipinski definition) is 2. The van der Waals surface area contributed by atoms with Gasteiger partial charge in [-0.2, -0.15) is 0 Å². The van der Waals surface area contributed by atoms with Gasteiger partial charge in [0.05, 0.1) is 6.61 Å². The first-order valence-corrected chi connectivity index (χ1v) is 9.31. The minimum atomic E-state index is 0.823. The summed E-state index contributed by atoms with van der Waals surface area (Å²) in [6, 6.07) is 16.9. The van der Waals surface area contributed by atoms with Crippen LogP contribution >= 0.6 is 0 Å². The predicted octanol–water partition coefficient (Wildman–Crippen LogP) is 6.00. The van der Waals surface area contributed by atoms with Crippen LogP contribution in [0.5, 0.6) is 5.75 Å². The summed E-state index contributed by atoms with van der Waals surface area (Å²) in [6.07, 6.45) is 7.41. The molecule has 1 N–H and O–H groups in total. The lowest BCUT2D eigenvalue weighted by atomic mass is 10.1. The summed E-state index contributed by atoms with van der Waals surface area (Å²) in [6.45, 7) is 6.18. The molecule has 0 amide bonds. The zero-order valence-electron chi connectivity index (χ0n) is 15.2. The third-order valence-corrected chi connectivity index (χ3v) is 4.36. The molecule has 0 aromatic heterocycles. The van der Waals surface area contributed by atoms with E-state index in [0.29, 0.717) is 0 Å². The maximum absolute atomic E-state index is 5.80. The van der Waals surface area contributed by atoms with E-state index in [1.54, 1.807) is 0 Å². The second-order valence-electron chi connectivity index (χ2n) is 6.39. The summed E-state index contributed by atoms with van der Waals surface area (Å²) < 4.78 is 5.80. The molecule has 2 aromatic rings. The zero-order valence-corrected chi connectivity index (χ0v) is 15.2. The minimum Gasteiger partial charge on any atom is -0.494 e. The smallest absolute Gasteiger partial charge is 0.119 e. The Balaban J connectivity index is 1.65. The van der Waals surface area contributed by atoms with E-state index < -0.39 is 0 Å². The Morgan fingerprint density at radius 3 is 2.38 bits per heavy atom. The van der Waals surface area contributed by atoms with E-state index >= 15 is 0 Å². The fourth-order valence-corrected chi connectivity index (χ4v) is 2.80. The van der Waals surface area contributed by atoms with Crippen LogP contribution in [0.25, 0.3) is 0 Å². The van der Waals surface area contributed by atoms with Crippen molar-refractivity contribution in [2.75, 3.05) is 18.5 Å². The number of nitrogens with one attached hydrogen (secondary N) is 1. The Kier molecular flexibility index (Phi) is 8.23. The summed E-state index contributed by atoms with van der Waals surface area (Å²) in [5.74, 6) is 0.968. The Labute approximate surface area is 147 Å². The van der Waals surface area contributed by atoms with E-state index in [0.717, 1.165) is 37.4 Å². The van der Waals surface area contributed by atoms with Crippen LogP contribution in [0.2, 0.25) is 0 Å². The molecular weight excluding hydrogens is 294 g/mol. The summed E-state index contributed by atoms with van der Waals surface area (Å²) in [4.78, 5) is 0. The molecule has 0 aliphatic heterocycles. The van der Waals surface area contributed by atoms with Crippen LogP contribution < -0.4 is 10.1 Å². The average Bonchev–Trinajstić information content (AvgIpc) is 2.61. The predicted molar refractivity (Wildman–Crippen MR) is 104 cm³/mol. The molecule has 2 heteroatoms. The summed E-state index contributed by atoms with van der Waals surface area (Å²) in [5.41, 5.74) is 3.92. The first kappa shape index (κ1) is 18.4. The Morgan fingerprint density at radius 1 is 0.875 bits per heavy atom. The molecule has 0 heterocycles. The first-order valence-electron chi connectivity index (χ1n) is 9.31. The van der Waals surface area contributed by atoms with Gasteiger partial charge in [0.25, 0.3) is 0 Å². The molecule has 0 fully saturated rings. The van der Waals surface area contributed by atoms with Crippen LogP contribution in [0, 0.1) is 6.92 Å². The van der Waals surface area contributed by atoms with E-state index in [4.69, 9.17) is 4.74 Å². The Bertz CT molecular complexity index is 577. The van der Waals surface area contributed by atoms with E-state index in [1.165, 1.54) is 36.8 Å². The van der Waals surface area contributed by atoms with Crippen LogP contribution in [0.3, 0.4) is 0 Å². The number of ether oxygens (including phenoxy) is 1. The molecule has 24 heavy (non-hydrogen) atoms. The van der Waals surface area contributed by atoms with E-state index in [1.807, 2.05) is 0 Å². The van der Waals surface area contributed by atoms with Gasteiger partial charge in [0.1, 0.15) is 5.75 Å². The second-order valence-corrected chi connectivity index (χ2v) is 6.39. The molecule has 0 bridgehead atoms. The molecule has 2 rings (SSSR count). The topological polar surface area (TPSA) is 21.3 Å². The van der Waals surface area contributed by atoms with Gasteiger partial charge in [-0.15, -0.1) is 0 Å². The molecule has 0 aliphatic rings. The molecular formula is C22H31NO. The van der Waals surface area contributed by atoms with Crippen LogP contribution in [0.4, 0.5) is 5.69 Å². The van der Waals surface area contributed by atoms with Gasteiger partial charge in [-0.25, -0.2) is 0 Å². The van der Waals surface area contributed by atoms with Gasteiger partial charge in [0.2, 0.25) is 0 Å². The zero-order chi connectivity index (χ0) is 17.0. The van der Waals surface area contributed by atoms with Crippen molar-refractivity contribution in [2.45, 2.75) is 52.4 Å². The second kappa shape index (κ2) is 10.7. The van der Waals surface area contributed by atoms with Gasteiger partial charge in [0.15, 0.2) is 0 Å². The molecule has 130 valence electrons. The van der Waals surface area contributed by atoms with Crippen molar-refractivity contribution < 1.29 is 4.74 Å². The molecule has 2 nitrogen and oxygen atoms in total. The monoisotopic (exact) mass is 325 g/mol. The summed E-state index contributed by atoms with van der Waals surface area (Å²) in [7, 11) is 0. The van der Waals surface area contributed by atoms with Crippen molar-refractivity contribution in [2.24, 2.45) is 0 Å². The van der Waals surface area contributed by atoms with E-state index in [9.17, 15) is 0 Å². The van der Waals surface area contributed by atoms with Gasteiger partial charge >= 0.3 is 0 Å². The molecule has 2 aromatic carbocycles. The largest absolute Gasteiger partial charge is 0.494 e. The van der Waals surface area contributed by atoms with Gasteiger partial charge in [0, 0.05) is 12.2 Å². The third kappa shape index (κ3) is 6.66. The van der Waals surface area contributed by atoms with Crippen molar-refractivity contribution in [1.82, 2.24) is 0 Å². The van der Waals surface area contributed by atoms with Crippen LogP contribution in [-0.2, 0) is 6.42 Å². The lowest BCUT2D eigenvalue weighted by Crippen LogP contribution is -2.05. The Hall–Kier alpha value is -1.96. The fraction of sp³-hybridized carbons (Fsp3) is 0.455. The van der Waals surface area contributed by atoms with Gasteiger partial charge in [-0.05, 0) is 55.2 Å². The fourth-order valence-electron chi connectivity index (χ4n) is 2.80. The normalized spacial score (nSPS) is 10.6. The van der Waals surface area contributed by atoms with Crippen molar-refractivity contribution >= 4 is 5.69 Å². The number of anilines is 1. The van der Waals surface area contributed by atoms with Crippen LogP contribution in [-0.4, -0.2) is 13.2 Å². The molecule has 0 saturated heterocycles. The highest BCUT2D eigenvalue weighted by atomic mass is 16.5. The molecule has 0 atom stereocenters. The van der Waals surface area contributed by atoms with E-state index in [-0.39, 0.29) is 0 Å². The quantitative estimate of drug-likeness (QED) is 0.512. The molecule has 0 spiro atoms. The lowest BCUT2D eigenvalue weighted by molar-refractivity contribution is 0.304. The Morgan fingerprint density at radius 2 is 1.62 bits per heavy atom. The molecule has 0 radical (unpaired) electrons. The summed E-state index contributed by atoms with van der Waals surface area (Å²) in [5, 5.41) is 3.48. The number of hydrogen-bond donors (Lipinski definition) is 1. The molecule has 0 aliphatic carbocycles. The van der Waals surface area contributed by atoms with Crippen LogP contribution in [0.15, 0.2) is 48.5 Å². The number of rotatable bonds is 11. The van der Waals surface area contributed by atoms with Crippen molar-refractivity contribution in [3.63, 3.8) is 0 Å². The van der Waals surface area contributed by atoms with Crippen molar-refractivity contribution in [3.05, 3.63) is 59.7 Å². The third-order valence-electron chi connectivity index (χ3n) is 4.36. The maximum Gasteiger partial charge on any atom is 0.119 e. The number of aryl methyl sites for hydroxylation is 1. The van der Waals surface area contributed by atoms with Gasteiger partial charge < -0.3 is 10.1 Å². The van der Waals surface area contributed by atoms with E-state index in [2.05, 4.69) is 67.7 Å². The van der Waals surface area contributed by atoms with Crippen LogP contribution in [0.1, 0.15) is 50.2 Å². The highest BCUT2D eigenvalue weighted by Gasteiger charge is 1.99. The lowest BCUT2D eigenvalue weighted by Gasteiger charge is -2.10. The minimum absolute atomic E-state index is 0.823. The number of benzene rings is 2.